The topological polar surface area (TPSA) is 90.0 Å². The van der Waals surface area contributed by atoms with E-state index in [1.54, 1.807) is 0 Å². The quantitative estimate of drug-likeness (QED) is 0.326. The van der Waals surface area contributed by atoms with Crippen LogP contribution in [0.2, 0.25) is 0 Å². The molecule has 0 fully saturated rings. The zero-order chi connectivity index (χ0) is 30.2. The highest BCUT2D eigenvalue weighted by Crippen LogP contribution is 2.22. The molecule has 0 saturated carbocycles. The van der Waals surface area contributed by atoms with Crippen LogP contribution in [0, 0.1) is 12.7 Å². The summed E-state index contributed by atoms with van der Waals surface area (Å²) in [5.41, 5.74) is 2.82. The summed E-state index contributed by atoms with van der Waals surface area (Å²) in [7, 11) is -1.42. The Labute approximate surface area is 243 Å². The highest BCUT2D eigenvalue weighted by molar-refractivity contribution is 7.90. The van der Waals surface area contributed by atoms with Crippen molar-refractivity contribution >= 4 is 27.7 Å². The van der Waals surface area contributed by atoms with Gasteiger partial charge in [0.15, 0.2) is 0 Å². The number of aryl methyl sites for hydroxylation is 1. The van der Waals surface area contributed by atoms with Crippen LogP contribution in [0.3, 0.4) is 0 Å². The Balaban J connectivity index is 2.08. The molecule has 0 aliphatic rings. The van der Waals surface area contributed by atoms with E-state index in [0.29, 0.717) is 6.42 Å². The Morgan fingerprint density at radius 1 is 0.902 bits per heavy atom. The van der Waals surface area contributed by atoms with Crippen molar-refractivity contribution in [3.8, 4) is 0 Å². The van der Waals surface area contributed by atoms with Gasteiger partial charge in [0, 0.05) is 33.1 Å². The molecular formula is C31H39FN4O4S. The van der Waals surface area contributed by atoms with Crippen LogP contribution >= 0.6 is 0 Å². The number of benzene rings is 3. The molecule has 0 heterocycles. The molecule has 0 unspecified atom stereocenters. The van der Waals surface area contributed by atoms with Crippen molar-refractivity contribution in [2.24, 2.45) is 0 Å². The molecule has 10 heteroatoms. The standard InChI is InChI=1S/C31H39FN4O4S/c1-6-24(3)33-31(38)29(20-25-10-8-7-9-11-25)35(21-26-14-12-23(2)13-15-26)30(37)22-36(41(39,40)34(4)5)28-18-16-27(32)17-19-28/h7-19,24,29H,6,20-22H2,1-5H3,(H,33,38)/t24-,29-/m0/s1. The molecule has 0 aromatic heterocycles. The maximum absolute atomic E-state index is 14.2. The first-order valence-electron chi connectivity index (χ1n) is 13.6. The molecule has 0 bridgehead atoms. The Kier molecular flexibility index (Phi) is 11.0. The van der Waals surface area contributed by atoms with Crippen LogP contribution < -0.4 is 9.62 Å². The molecule has 3 rings (SSSR count). The van der Waals surface area contributed by atoms with Gasteiger partial charge in [-0.1, -0.05) is 67.1 Å². The van der Waals surface area contributed by atoms with Crippen molar-refractivity contribution in [1.29, 1.82) is 0 Å². The molecule has 2 amide bonds. The predicted molar refractivity (Wildman–Crippen MR) is 160 cm³/mol. The highest BCUT2D eigenvalue weighted by atomic mass is 32.2. The number of amides is 2. The highest BCUT2D eigenvalue weighted by Gasteiger charge is 2.35. The molecule has 0 aliphatic carbocycles. The maximum atomic E-state index is 14.2. The minimum atomic E-state index is -4.14. The summed E-state index contributed by atoms with van der Waals surface area (Å²) in [5, 5.41) is 3.01. The largest absolute Gasteiger partial charge is 0.352 e. The molecular weight excluding hydrogens is 543 g/mol. The predicted octanol–water partition coefficient (Wildman–Crippen LogP) is 4.30. The van der Waals surface area contributed by atoms with Gasteiger partial charge in [0.25, 0.3) is 0 Å². The molecule has 1 N–H and O–H groups in total. The normalized spacial score (nSPS) is 13.0. The first kappa shape index (κ1) is 31.8. The second-order valence-corrected chi connectivity index (χ2v) is 12.4. The lowest BCUT2D eigenvalue weighted by molar-refractivity contribution is -0.140. The summed E-state index contributed by atoms with van der Waals surface area (Å²) in [6.07, 6.45) is 0.937. The van der Waals surface area contributed by atoms with Gasteiger partial charge < -0.3 is 10.2 Å². The zero-order valence-corrected chi connectivity index (χ0v) is 25.1. The van der Waals surface area contributed by atoms with Gasteiger partial charge in [-0.3, -0.25) is 9.59 Å². The van der Waals surface area contributed by atoms with Crippen molar-refractivity contribution in [3.63, 3.8) is 0 Å². The van der Waals surface area contributed by atoms with E-state index in [4.69, 9.17) is 0 Å². The van der Waals surface area contributed by atoms with E-state index < -0.39 is 34.5 Å². The second kappa shape index (κ2) is 14.2. The van der Waals surface area contributed by atoms with E-state index in [1.807, 2.05) is 75.4 Å². The lowest BCUT2D eigenvalue weighted by Gasteiger charge is -2.35. The third kappa shape index (κ3) is 8.61. The summed E-state index contributed by atoms with van der Waals surface area (Å²) in [6, 6.07) is 20.9. The van der Waals surface area contributed by atoms with Gasteiger partial charge in [-0.15, -0.1) is 0 Å². The van der Waals surface area contributed by atoms with E-state index in [1.165, 1.54) is 31.1 Å². The van der Waals surface area contributed by atoms with Gasteiger partial charge in [0.2, 0.25) is 11.8 Å². The number of nitrogens with one attached hydrogen (secondary N) is 1. The molecule has 41 heavy (non-hydrogen) atoms. The van der Waals surface area contributed by atoms with Crippen molar-refractivity contribution in [2.45, 2.75) is 52.2 Å². The lowest BCUT2D eigenvalue weighted by Crippen LogP contribution is -2.55. The lowest BCUT2D eigenvalue weighted by atomic mass is 10.0. The van der Waals surface area contributed by atoms with Crippen LogP contribution in [-0.2, 0) is 32.8 Å². The van der Waals surface area contributed by atoms with Gasteiger partial charge in [-0.05, 0) is 55.7 Å². The number of halogens is 1. The van der Waals surface area contributed by atoms with Crippen LogP contribution in [0.4, 0.5) is 10.1 Å². The Morgan fingerprint density at radius 3 is 2.07 bits per heavy atom. The molecule has 3 aromatic rings. The molecule has 3 aromatic carbocycles. The van der Waals surface area contributed by atoms with Gasteiger partial charge in [-0.2, -0.15) is 12.7 Å². The fourth-order valence-corrected chi connectivity index (χ4v) is 5.27. The number of carbonyl (C=O) groups excluding carboxylic acids is 2. The van der Waals surface area contributed by atoms with Crippen molar-refractivity contribution in [3.05, 3.63) is 101 Å². The molecule has 220 valence electrons. The third-order valence-corrected chi connectivity index (χ3v) is 8.70. The van der Waals surface area contributed by atoms with Crippen molar-refractivity contribution in [1.82, 2.24) is 14.5 Å². The number of anilines is 1. The Bertz CT molecular complexity index is 1400. The van der Waals surface area contributed by atoms with E-state index in [9.17, 15) is 22.4 Å². The third-order valence-electron chi connectivity index (χ3n) is 6.88. The second-order valence-electron chi connectivity index (χ2n) is 10.3. The average molecular weight is 583 g/mol. The average Bonchev–Trinajstić information content (AvgIpc) is 2.95. The number of nitrogens with zero attached hydrogens (tertiary/aromatic N) is 3. The first-order chi connectivity index (χ1) is 19.4. The number of carbonyl (C=O) groups is 2. The molecule has 0 radical (unpaired) electrons. The molecule has 8 nitrogen and oxygen atoms in total. The SMILES string of the molecule is CC[C@H](C)NC(=O)[C@H](Cc1ccccc1)N(Cc1ccc(C)cc1)C(=O)CN(c1ccc(F)cc1)S(=O)(=O)N(C)C. The fourth-order valence-electron chi connectivity index (χ4n) is 4.21. The minimum Gasteiger partial charge on any atom is -0.352 e. The summed E-state index contributed by atoms with van der Waals surface area (Å²) in [6.45, 7) is 5.31. The van der Waals surface area contributed by atoms with Crippen molar-refractivity contribution < 1.29 is 22.4 Å². The minimum absolute atomic E-state index is 0.0871. The van der Waals surface area contributed by atoms with E-state index in [0.717, 1.165) is 37.4 Å². The van der Waals surface area contributed by atoms with Crippen LogP contribution in [0.15, 0.2) is 78.9 Å². The van der Waals surface area contributed by atoms with E-state index >= 15 is 0 Å². The fraction of sp³-hybridized carbons (Fsp3) is 0.355. The van der Waals surface area contributed by atoms with Gasteiger partial charge in [-0.25, -0.2) is 8.70 Å². The number of hydrogen-bond donors (Lipinski definition) is 1. The van der Waals surface area contributed by atoms with Gasteiger partial charge >= 0.3 is 10.2 Å². The maximum Gasteiger partial charge on any atom is 0.304 e. The molecule has 2 atom stereocenters. The summed E-state index contributed by atoms with van der Waals surface area (Å²) in [4.78, 5) is 29.3. The molecule has 0 saturated heterocycles. The van der Waals surface area contributed by atoms with Gasteiger partial charge in [0.05, 0.1) is 5.69 Å². The molecule has 0 aliphatic heterocycles. The summed E-state index contributed by atoms with van der Waals surface area (Å²) < 4.78 is 42.3. The molecule has 0 spiro atoms. The van der Waals surface area contributed by atoms with Crippen LogP contribution in [0.5, 0.6) is 0 Å². The monoisotopic (exact) mass is 582 g/mol. The summed E-state index contributed by atoms with van der Waals surface area (Å²) in [5.74, 6) is -1.43. The number of rotatable bonds is 13. The first-order valence-corrected chi connectivity index (χ1v) is 15.0. The Hall–Kier alpha value is -3.76. The van der Waals surface area contributed by atoms with Crippen LogP contribution in [-0.4, -0.2) is 62.2 Å². The van der Waals surface area contributed by atoms with Crippen LogP contribution in [0.1, 0.15) is 37.0 Å². The van der Waals surface area contributed by atoms with Crippen LogP contribution in [0.25, 0.3) is 0 Å². The van der Waals surface area contributed by atoms with Gasteiger partial charge in [0.1, 0.15) is 18.4 Å². The zero-order valence-electron chi connectivity index (χ0n) is 24.2. The summed E-state index contributed by atoms with van der Waals surface area (Å²) >= 11 is 0. The number of hydrogen-bond acceptors (Lipinski definition) is 4. The Morgan fingerprint density at radius 2 is 1.51 bits per heavy atom. The van der Waals surface area contributed by atoms with E-state index in [-0.39, 0.29) is 30.6 Å². The van der Waals surface area contributed by atoms with E-state index in [2.05, 4.69) is 5.32 Å². The van der Waals surface area contributed by atoms with Crippen molar-refractivity contribution in [2.75, 3.05) is 24.9 Å². The smallest absolute Gasteiger partial charge is 0.304 e.